The number of hydrogen-bond acceptors (Lipinski definition) is 3. The molecule has 0 saturated heterocycles. The van der Waals surface area contributed by atoms with Crippen LogP contribution in [0.4, 0.5) is 13.2 Å². The van der Waals surface area contributed by atoms with Crippen molar-refractivity contribution in [2.24, 2.45) is 4.99 Å². The Balaban J connectivity index is 2.20. The Morgan fingerprint density at radius 2 is 2.07 bits per heavy atom. The second-order valence-electron chi connectivity index (χ2n) is 3.14. The lowest BCUT2D eigenvalue weighted by Gasteiger charge is -2.10. The first kappa shape index (κ1) is 11.3. The van der Waals surface area contributed by atoms with Gasteiger partial charge in [-0.1, -0.05) is 6.42 Å². The van der Waals surface area contributed by atoms with Crippen molar-refractivity contribution in [1.82, 2.24) is 5.48 Å². The van der Waals surface area contributed by atoms with Crippen LogP contribution in [0.25, 0.3) is 0 Å². The topological polar surface area (TPSA) is 33.6 Å². The quantitative estimate of drug-likeness (QED) is 0.707. The maximum absolute atomic E-state index is 11.7. The predicted octanol–water partition coefficient (Wildman–Crippen LogP) is 2.04. The summed E-state index contributed by atoms with van der Waals surface area (Å²) in [6.45, 7) is -0.621. The van der Waals surface area contributed by atoms with Crippen molar-refractivity contribution in [3.05, 3.63) is 0 Å². The fourth-order valence-electron chi connectivity index (χ4n) is 1.16. The molecule has 0 aromatic rings. The zero-order valence-electron chi connectivity index (χ0n) is 7.73. The highest BCUT2D eigenvalue weighted by molar-refractivity contribution is 5.81. The van der Waals surface area contributed by atoms with Crippen molar-refractivity contribution < 1.29 is 18.0 Å². The molecule has 82 valence electrons. The van der Waals surface area contributed by atoms with E-state index in [1.165, 1.54) is 0 Å². The lowest BCUT2D eigenvalue weighted by atomic mass is 10.2. The fourth-order valence-corrected chi connectivity index (χ4v) is 1.16. The summed E-state index contributed by atoms with van der Waals surface area (Å²) in [6, 6.07) is 0. The third kappa shape index (κ3) is 5.06. The van der Waals surface area contributed by atoms with Crippen LogP contribution < -0.4 is 5.48 Å². The van der Waals surface area contributed by atoms with Gasteiger partial charge in [-0.2, -0.15) is 13.2 Å². The lowest BCUT2D eigenvalue weighted by molar-refractivity contribution is -0.182. The summed E-state index contributed by atoms with van der Waals surface area (Å²) in [5, 5.41) is 0. The number of alkyl halides is 3. The lowest BCUT2D eigenvalue weighted by Crippen LogP contribution is -2.29. The van der Waals surface area contributed by atoms with Crippen LogP contribution in [0.15, 0.2) is 4.99 Å². The Hall–Kier alpha value is -0.780. The van der Waals surface area contributed by atoms with Crippen molar-refractivity contribution >= 4 is 5.84 Å². The van der Waals surface area contributed by atoms with E-state index in [2.05, 4.69) is 15.3 Å². The van der Waals surface area contributed by atoms with Crippen molar-refractivity contribution in [1.29, 1.82) is 0 Å². The molecule has 0 atom stereocenters. The van der Waals surface area contributed by atoms with E-state index in [0.717, 1.165) is 19.3 Å². The van der Waals surface area contributed by atoms with Gasteiger partial charge in [-0.05, 0) is 12.8 Å². The van der Waals surface area contributed by atoms with Gasteiger partial charge in [0.05, 0.1) is 0 Å². The molecule has 0 aromatic carbocycles. The molecular formula is C8H13F3N2O. The third-order valence-electron chi connectivity index (χ3n) is 1.80. The average molecular weight is 210 g/mol. The van der Waals surface area contributed by atoms with E-state index in [9.17, 15) is 13.2 Å². The molecule has 0 spiro atoms. The smallest absolute Gasteiger partial charge is 0.271 e. The van der Waals surface area contributed by atoms with E-state index in [-0.39, 0.29) is 0 Å². The second kappa shape index (κ2) is 5.19. The van der Waals surface area contributed by atoms with Crippen LogP contribution in [-0.4, -0.2) is 25.2 Å². The Morgan fingerprint density at radius 1 is 1.29 bits per heavy atom. The number of nitrogens with zero attached hydrogens (tertiary/aromatic N) is 1. The number of rotatable bonds is 2. The molecule has 3 nitrogen and oxygen atoms in total. The highest BCUT2D eigenvalue weighted by Gasteiger charge is 2.28. The molecule has 6 heteroatoms. The van der Waals surface area contributed by atoms with Gasteiger partial charge in [0.2, 0.25) is 0 Å². The van der Waals surface area contributed by atoms with E-state index in [4.69, 9.17) is 0 Å². The van der Waals surface area contributed by atoms with Crippen LogP contribution in [0.2, 0.25) is 0 Å². The molecule has 0 unspecified atom stereocenters. The molecule has 0 amide bonds. The SMILES string of the molecule is FC(F)(F)CONC1=NCCCCC1. The van der Waals surface area contributed by atoms with Gasteiger partial charge in [0, 0.05) is 13.0 Å². The molecule has 1 heterocycles. The highest BCUT2D eigenvalue weighted by atomic mass is 19.4. The summed E-state index contributed by atoms with van der Waals surface area (Å²) in [5.74, 6) is 0.520. The molecule has 0 radical (unpaired) electrons. The van der Waals surface area contributed by atoms with Gasteiger partial charge in [-0.25, -0.2) is 0 Å². The van der Waals surface area contributed by atoms with Crippen molar-refractivity contribution in [3.8, 4) is 0 Å². The van der Waals surface area contributed by atoms with Crippen LogP contribution in [0.1, 0.15) is 25.7 Å². The van der Waals surface area contributed by atoms with E-state index in [0.29, 0.717) is 18.8 Å². The maximum atomic E-state index is 11.7. The van der Waals surface area contributed by atoms with Gasteiger partial charge in [0.15, 0.2) is 6.61 Å². The van der Waals surface area contributed by atoms with Gasteiger partial charge in [-0.3, -0.25) is 15.3 Å². The summed E-state index contributed by atoms with van der Waals surface area (Å²) < 4.78 is 35.1. The molecule has 1 aliphatic rings. The normalized spacial score (nSPS) is 18.6. The zero-order chi connectivity index (χ0) is 10.4. The van der Waals surface area contributed by atoms with E-state index < -0.39 is 12.8 Å². The Bertz CT molecular complexity index is 203. The van der Waals surface area contributed by atoms with Gasteiger partial charge in [-0.15, -0.1) is 0 Å². The molecule has 0 aromatic heterocycles. The Labute approximate surface area is 80.3 Å². The van der Waals surface area contributed by atoms with Gasteiger partial charge < -0.3 is 0 Å². The zero-order valence-corrected chi connectivity index (χ0v) is 7.73. The minimum Gasteiger partial charge on any atom is -0.271 e. The van der Waals surface area contributed by atoms with Gasteiger partial charge in [0.1, 0.15) is 5.84 Å². The Kier molecular flexibility index (Phi) is 4.19. The highest BCUT2D eigenvalue weighted by Crippen LogP contribution is 2.14. The number of amidine groups is 1. The molecule has 1 aliphatic heterocycles. The van der Waals surface area contributed by atoms with Crippen LogP contribution >= 0.6 is 0 Å². The minimum absolute atomic E-state index is 0.520. The Morgan fingerprint density at radius 3 is 2.79 bits per heavy atom. The van der Waals surface area contributed by atoms with E-state index in [1.807, 2.05) is 0 Å². The maximum Gasteiger partial charge on any atom is 0.414 e. The van der Waals surface area contributed by atoms with Crippen molar-refractivity contribution in [2.75, 3.05) is 13.2 Å². The predicted molar refractivity (Wildman–Crippen MR) is 45.9 cm³/mol. The molecular weight excluding hydrogens is 197 g/mol. The van der Waals surface area contributed by atoms with Crippen LogP contribution in [0.3, 0.4) is 0 Å². The number of aliphatic imine (C=N–C) groups is 1. The van der Waals surface area contributed by atoms with E-state index >= 15 is 0 Å². The molecule has 0 fully saturated rings. The molecule has 0 saturated carbocycles. The molecule has 14 heavy (non-hydrogen) atoms. The molecule has 0 aliphatic carbocycles. The van der Waals surface area contributed by atoms with E-state index in [1.54, 1.807) is 0 Å². The fraction of sp³-hybridized carbons (Fsp3) is 0.875. The summed E-state index contributed by atoms with van der Waals surface area (Å²) in [5.41, 5.74) is 2.25. The number of hydroxylamine groups is 1. The van der Waals surface area contributed by atoms with Crippen LogP contribution in [0.5, 0.6) is 0 Å². The first-order chi connectivity index (χ1) is 6.58. The standard InChI is InChI=1S/C8H13F3N2O/c9-8(10,11)6-14-13-7-4-2-1-3-5-12-7/h1-6H2,(H,12,13). The first-order valence-corrected chi connectivity index (χ1v) is 4.56. The van der Waals surface area contributed by atoms with Gasteiger partial charge >= 0.3 is 6.18 Å². The number of nitrogens with one attached hydrogen (secondary N) is 1. The third-order valence-corrected chi connectivity index (χ3v) is 1.80. The summed E-state index contributed by atoms with van der Waals surface area (Å²) in [6.07, 6.45) is -0.629. The molecule has 0 bridgehead atoms. The average Bonchev–Trinajstić information content (AvgIpc) is 2.30. The second-order valence-corrected chi connectivity index (χ2v) is 3.14. The van der Waals surface area contributed by atoms with Crippen LogP contribution in [0, 0.1) is 0 Å². The van der Waals surface area contributed by atoms with Crippen LogP contribution in [-0.2, 0) is 4.84 Å². The monoisotopic (exact) mass is 210 g/mol. The molecule has 1 N–H and O–H groups in total. The number of halogens is 3. The summed E-state index contributed by atoms with van der Waals surface area (Å²) in [4.78, 5) is 8.34. The first-order valence-electron chi connectivity index (χ1n) is 4.56. The van der Waals surface area contributed by atoms with Gasteiger partial charge in [0.25, 0.3) is 0 Å². The summed E-state index contributed by atoms with van der Waals surface area (Å²) in [7, 11) is 0. The largest absolute Gasteiger partial charge is 0.414 e. The van der Waals surface area contributed by atoms with Crippen molar-refractivity contribution in [2.45, 2.75) is 31.9 Å². The minimum atomic E-state index is -4.29. The summed E-state index contributed by atoms with van der Waals surface area (Å²) >= 11 is 0. The number of hydrogen-bond donors (Lipinski definition) is 1. The van der Waals surface area contributed by atoms with Crippen molar-refractivity contribution in [3.63, 3.8) is 0 Å². The molecule has 1 rings (SSSR count).